The van der Waals surface area contributed by atoms with E-state index in [1.165, 1.54) is 12.2 Å². The highest BCUT2D eigenvalue weighted by molar-refractivity contribution is 8.00. The van der Waals surface area contributed by atoms with Gasteiger partial charge >= 0.3 is 0 Å². The van der Waals surface area contributed by atoms with Crippen LogP contribution < -0.4 is 5.73 Å². The zero-order valence-electron chi connectivity index (χ0n) is 5.26. The van der Waals surface area contributed by atoms with Crippen LogP contribution in [0.15, 0.2) is 0 Å². The maximum atomic E-state index is 5.48. The van der Waals surface area contributed by atoms with Crippen molar-refractivity contribution < 1.29 is 0 Å². The predicted octanol–water partition coefficient (Wildman–Crippen LogP) is 1.09. The van der Waals surface area contributed by atoms with E-state index in [0.29, 0.717) is 0 Å². The standard InChI is InChI=1S/C6H13NS/c1-5-2-6(3-7)8-4-5/h5-6H,2-4,7H2,1H3. The topological polar surface area (TPSA) is 26.0 Å². The fraction of sp³-hybridized carbons (Fsp3) is 1.00. The molecule has 2 heteroatoms. The smallest absolute Gasteiger partial charge is 0.0173 e. The monoisotopic (exact) mass is 131 g/mol. The lowest BCUT2D eigenvalue weighted by atomic mass is 10.1. The van der Waals surface area contributed by atoms with Crippen molar-refractivity contribution in [3.8, 4) is 0 Å². The molecule has 1 heterocycles. The van der Waals surface area contributed by atoms with Crippen molar-refractivity contribution in [3.05, 3.63) is 0 Å². The number of rotatable bonds is 1. The van der Waals surface area contributed by atoms with Crippen molar-refractivity contribution in [2.45, 2.75) is 18.6 Å². The molecule has 1 nitrogen and oxygen atoms in total. The molecular weight excluding hydrogens is 118 g/mol. The molecule has 0 saturated carbocycles. The Hall–Kier alpha value is 0.310. The Morgan fingerprint density at radius 3 is 2.75 bits per heavy atom. The van der Waals surface area contributed by atoms with Crippen LogP contribution >= 0.6 is 11.8 Å². The third-order valence-corrected chi connectivity index (χ3v) is 3.16. The molecule has 1 rings (SSSR count). The quantitative estimate of drug-likeness (QED) is 0.576. The molecule has 0 amide bonds. The van der Waals surface area contributed by atoms with Crippen LogP contribution in [-0.4, -0.2) is 17.5 Å². The number of nitrogens with two attached hydrogens (primary N) is 1. The van der Waals surface area contributed by atoms with Gasteiger partial charge in [-0.15, -0.1) is 0 Å². The van der Waals surface area contributed by atoms with E-state index in [0.717, 1.165) is 17.7 Å². The Kier molecular flexibility index (Phi) is 2.20. The predicted molar refractivity (Wildman–Crippen MR) is 39.1 cm³/mol. The van der Waals surface area contributed by atoms with E-state index in [4.69, 9.17) is 5.73 Å². The summed E-state index contributed by atoms with van der Waals surface area (Å²) in [5.41, 5.74) is 5.48. The molecule has 1 aliphatic heterocycles. The molecule has 0 aromatic heterocycles. The van der Waals surface area contributed by atoms with E-state index in [2.05, 4.69) is 6.92 Å². The second-order valence-electron chi connectivity index (χ2n) is 2.53. The fourth-order valence-corrected chi connectivity index (χ4v) is 2.39. The van der Waals surface area contributed by atoms with E-state index < -0.39 is 0 Å². The van der Waals surface area contributed by atoms with Gasteiger partial charge in [0.1, 0.15) is 0 Å². The molecule has 0 aromatic rings. The highest BCUT2D eigenvalue weighted by Crippen LogP contribution is 2.29. The van der Waals surface area contributed by atoms with Gasteiger partial charge in [-0.1, -0.05) is 6.92 Å². The Labute approximate surface area is 55.0 Å². The molecule has 1 saturated heterocycles. The molecule has 1 fully saturated rings. The van der Waals surface area contributed by atoms with Crippen LogP contribution in [0.3, 0.4) is 0 Å². The number of hydrogen-bond acceptors (Lipinski definition) is 2. The van der Waals surface area contributed by atoms with Crippen LogP contribution in [0.5, 0.6) is 0 Å². The third-order valence-electron chi connectivity index (χ3n) is 1.54. The first-order valence-electron chi connectivity index (χ1n) is 3.14. The third kappa shape index (κ3) is 1.39. The summed E-state index contributed by atoms with van der Waals surface area (Å²) in [6, 6.07) is 0. The molecule has 48 valence electrons. The van der Waals surface area contributed by atoms with Crippen molar-refractivity contribution in [2.75, 3.05) is 12.3 Å². The van der Waals surface area contributed by atoms with Gasteiger partial charge in [-0.3, -0.25) is 0 Å². The van der Waals surface area contributed by atoms with E-state index in [1.54, 1.807) is 0 Å². The average molecular weight is 131 g/mol. The van der Waals surface area contributed by atoms with Crippen LogP contribution in [-0.2, 0) is 0 Å². The minimum absolute atomic E-state index is 0.769. The highest BCUT2D eigenvalue weighted by atomic mass is 32.2. The van der Waals surface area contributed by atoms with Gasteiger partial charge in [0.05, 0.1) is 0 Å². The summed E-state index contributed by atoms with van der Waals surface area (Å²) in [6.45, 7) is 3.16. The van der Waals surface area contributed by atoms with Crippen molar-refractivity contribution in [2.24, 2.45) is 11.7 Å². The first kappa shape index (κ1) is 6.43. The van der Waals surface area contributed by atoms with Crippen molar-refractivity contribution in [3.63, 3.8) is 0 Å². The van der Waals surface area contributed by atoms with Gasteiger partial charge in [0.15, 0.2) is 0 Å². The van der Waals surface area contributed by atoms with Crippen molar-refractivity contribution in [1.82, 2.24) is 0 Å². The Morgan fingerprint density at radius 1 is 1.75 bits per heavy atom. The second-order valence-corrected chi connectivity index (χ2v) is 3.87. The number of thioether (sulfide) groups is 1. The zero-order valence-corrected chi connectivity index (χ0v) is 6.08. The van der Waals surface area contributed by atoms with Crippen LogP contribution in [0.25, 0.3) is 0 Å². The van der Waals surface area contributed by atoms with Crippen LogP contribution in [0, 0.1) is 5.92 Å². The van der Waals surface area contributed by atoms with Crippen LogP contribution in [0.1, 0.15) is 13.3 Å². The normalized spacial score (nSPS) is 38.2. The summed E-state index contributed by atoms with van der Waals surface area (Å²) in [5, 5.41) is 0.769. The van der Waals surface area contributed by atoms with Crippen LogP contribution in [0.2, 0.25) is 0 Å². The fourth-order valence-electron chi connectivity index (χ4n) is 1.05. The van der Waals surface area contributed by atoms with E-state index >= 15 is 0 Å². The molecule has 0 aromatic carbocycles. The lowest BCUT2D eigenvalue weighted by Crippen LogP contribution is -2.13. The van der Waals surface area contributed by atoms with Gasteiger partial charge in [0, 0.05) is 11.8 Å². The first-order chi connectivity index (χ1) is 3.83. The summed E-state index contributed by atoms with van der Waals surface area (Å²) >= 11 is 2.03. The van der Waals surface area contributed by atoms with Gasteiger partial charge in [-0.05, 0) is 18.1 Å². The highest BCUT2D eigenvalue weighted by Gasteiger charge is 2.19. The van der Waals surface area contributed by atoms with Crippen LogP contribution in [0.4, 0.5) is 0 Å². The minimum atomic E-state index is 0.769. The molecule has 2 unspecified atom stereocenters. The van der Waals surface area contributed by atoms with Gasteiger partial charge in [-0.2, -0.15) is 11.8 Å². The lowest BCUT2D eigenvalue weighted by molar-refractivity contribution is 0.612. The number of hydrogen-bond donors (Lipinski definition) is 1. The van der Waals surface area contributed by atoms with Gasteiger partial charge in [0.25, 0.3) is 0 Å². The van der Waals surface area contributed by atoms with Crippen molar-refractivity contribution >= 4 is 11.8 Å². The molecule has 0 bridgehead atoms. The van der Waals surface area contributed by atoms with Gasteiger partial charge in [0.2, 0.25) is 0 Å². The van der Waals surface area contributed by atoms with E-state index in [1.807, 2.05) is 11.8 Å². The molecule has 2 N–H and O–H groups in total. The molecule has 2 atom stereocenters. The maximum absolute atomic E-state index is 5.48. The second kappa shape index (κ2) is 2.74. The summed E-state index contributed by atoms with van der Waals surface area (Å²) in [4.78, 5) is 0. The Morgan fingerprint density at radius 2 is 2.50 bits per heavy atom. The van der Waals surface area contributed by atoms with Gasteiger partial charge in [-0.25, -0.2) is 0 Å². The molecule has 8 heavy (non-hydrogen) atoms. The molecule has 1 aliphatic rings. The van der Waals surface area contributed by atoms with Gasteiger partial charge < -0.3 is 5.73 Å². The molecule has 0 spiro atoms. The summed E-state index contributed by atoms with van der Waals surface area (Å²) in [6.07, 6.45) is 1.33. The van der Waals surface area contributed by atoms with E-state index in [-0.39, 0.29) is 0 Å². The molecule has 0 aliphatic carbocycles. The van der Waals surface area contributed by atoms with Crippen molar-refractivity contribution in [1.29, 1.82) is 0 Å². The largest absolute Gasteiger partial charge is 0.329 e. The summed E-state index contributed by atoms with van der Waals surface area (Å²) in [7, 11) is 0. The minimum Gasteiger partial charge on any atom is -0.329 e. The Bertz CT molecular complexity index is 74.9. The summed E-state index contributed by atoms with van der Waals surface area (Å²) < 4.78 is 0. The summed E-state index contributed by atoms with van der Waals surface area (Å²) in [5.74, 6) is 2.23. The average Bonchev–Trinajstić information content (AvgIpc) is 2.14. The SMILES string of the molecule is CC1CSC(CN)C1. The first-order valence-corrected chi connectivity index (χ1v) is 4.19. The molecular formula is C6H13NS. The zero-order chi connectivity index (χ0) is 5.98. The van der Waals surface area contributed by atoms with E-state index in [9.17, 15) is 0 Å². The molecule has 0 radical (unpaired) electrons. The lowest BCUT2D eigenvalue weighted by Gasteiger charge is -2.01. The maximum Gasteiger partial charge on any atom is 0.0173 e. The Balaban J connectivity index is 2.22.